The Hall–Kier alpha value is -4.07. The minimum absolute atomic E-state index is 0.173. The molecule has 4 aliphatic heterocycles. The second-order valence-corrected chi connectivity index (χ2v) is 13.0. The highest BCUT2D eigenvalue weighted by Gasteiger charge is 2.40. The average Bonchev–Trinajstić information content (AvgIpc) is 3.56. The number of nitrogens with one attached hydrogen (secondary N) is 1. The first-order valence-electron chi connectivity index (χ1n) is 15.3. The molecule has 3 fully saturated rings. The van der Waals surface area contributed by atoms with Crippen molar-refractivity contribution in [3.63, 3.8) is 0 Å². The fourth-order valence-electron chi connectivity index (χ4n) is 6.40. The van der Waals surface area contributed by atoms with Gasteiger partial charge < -0.3 is 19.4 Å². The van der Waals surface area contributed by atoms with Gasteiger partial charge in [-0.3, -0.25) is 24.6 Å². The maximum atomic E-state index is 15.3. The van der Waals surface area contributed by atoms with E-state index >= 15 is 4.39 Å². The van der Waals surface area contributed by atoms with Crippen molar-refractivity contribution < 1.29 is 28.3 Å². The Morgan fingerprint density at radius 1 is 1.05 bits per heavy atom. The van der Waals surface area contributed by atoms with E-state index in [0.717, 1.165) is 18.5 Å². The maximum Gasteiger partial charge on any atom is 0.410 e. The van der Waals surface area contributed by atoms with Crippen LogP contribution in [-0.4, -0.2) is 104 Å². The van der Waals surface area contributed by atoms with Crippen LogP contribution >= 0.6 is 0 Å². The molecule has 0 spiro atoms. The highest BCUT2D eigenvalue weighted by Crippen LogP contribution is 2.33. The van der Waals surface area contributed by atoms with Crippen molar-refractivity contribution in [2.75, 3.05) is 44.2 Å². The molecular weight excluding hydrogens is 571 g/mol. The van der Waals surface area contributed by atoms with Crippen LogP contribution in [0.2, 0.25) is 0 Å². The molecule has 4 aliphatic rings. The van der Waals surface area contributed by atoms with Crippen molar-refractivity contribution in [3.8, 4) is 0 Å². The minimum Gasteiger partial charge on any atom is -0.444 e. The first kappa shape index (κ1) is 30.0. The normalized spacial score (nSPS) is 22.0. The van der Waals surface area contributed by atoms with Crippen molar-refractivity contribution >= 4 is 29.5 Å². The molecule has 236 valence electrons. The Bertz CT molecular complexity index is 1460. The lowest BCUT2D eigenvalue weighted by Crippen LogP contribution is -2.52. The highest BCUT2D eigenvalue weighted by molar-refractivity contribution is 6.05. The second-order valence-electron chi connectivity index (χ2n) is 13.0. The molecule has 0 bridgehead atoms. The van der Waals surface area contributed by atoms with Gasteiger partial charge in [0.05, 0.1) is 23.6 Å². The van der Waals surface area contributed by atoms with E-state index in [-0.39, 0.29) is 48.9 Å². The van der Waals surface area contributed by atoms with Gasteiger partial charge in [-0.05, 0) is 57.7 Å². The number of amides is 4. The lowest BCUT2D eigenvalue weighted by atomic mass is 10.0. The predicted octanol–water partition coefficient (Wildman–Crippen LogP) is 2.07. The van der Waals surface area contributed by atoms with Crippen LogP contribution in [0.5, 0.6) is 0 Å². The summed E-state index contributed by atoms with van der Waals surface area (Å²) in [6.07, 6.45) is 3.70. The second kappa shape index (κ2) is 11.8. The van der Waals surface area contributed by atoms with Gasteiger partial charge in [0, 0.05) is 64.3 Å². The number of imide groups is 1. The maximum absolute atomic E-state index is 15.3. The number of ether oxygens (including phenoxy) is 1. The van der Waals surface area contributed by atoms with Gasteiger partial charge >= 0.3 is 6.09 Å². The van der Waals surface area contributed by atoms with Gasteiger partial charge in [0.15, 0.2) is 0 Å². The van der Waals surface area contributed by atoms with Crippen molar-refractivity contribution in [2.24, 2.45) is 0 Å². The molecule has 2 aromatic rings. The molecule has 1 aromatic carbocycles. The molecule has 0 aliphatic carbocycles. The zero-order valence-electron chi connectivity index (χ0n) is 25.4. The Labute approximate surface area is 255 Å². The van der Waals surface area contributed by atoms with Crippen molar-refractivity contribution in [1.29, 1.82) is 0 Å². The highest BCUT2D eigenvalue weighted by atomic mass is 19.1. The fraction of sp³-hybridized carbons (Fsp3) is 0.600. The standard InChI is InChI=1S/C30H39FN8O5/c1-30(2,3)44-29(43)37-8-6-21(7-9-37)39-18-20(33-34-39)17-35-10-12-36(13-11-35)25-14-19-16-38(28(42)22(19)15-23(25)31)24-4-5-26(40)32-27(24)41/h14-15,18,21,24H,4-13,16-17H2,1-3H3,(H,32,40,41). The molecule has 3 saturated heterocycles. The Balaban J connectivity index is 1.01. The van der Waals surface area contributed by atoms with Crippen molar-refractivity contribution in [1.82, 2.24) is 35.0 Å². The summed E-state index contributed by atoms with van der Waals surface area (Å²) in [6.45, 7) is 10.3. The third kappa shape index (κ3) is 6.26. The van der Waals surface area contributed by atoms with Gasteiger partial charge in [-0.2, -0.15) is 0 Å². The van der Waals surface area contributed by atoms with Gasteiger partial charge in [0.25, 0.3) is 5.91 Å². The van der Waals surface area contributed by atoms with E-state index in [1.165, 1.54) is 11.0 Å². The van der Waals surface area contributed by atoms with Crippen molar-refractivity contribution in [3.05, 3.63) is 41.0 Å². The number of fused-ring (bicyclic) bond motifs is 1. The summed E-state index contributed by atoms with van der Waals surface area (Å²) >= 11 is 0. The number of hydrogen-bond acceptors (Lipinski definition) is 9. The summed E-state index contributed by atoms with van der Waals surface area (Å²) in [5, 5.41) is 11.1. The third-order valence-electron chi connectivity index (χ3n) is 8.74. The number of aromatic nitrogens is 3. The van der Waals surface area contributed by atoms with E-state index in [9.17, 15) is 19.2 Å². The van der Waals surface area contributed by atoms with E-state index < -0.39 is 23.4 Å². The van der Waals surface area contributed by atoms with Crippen LogP contribution in [0.25, 0.3) is 0 Å². The molecule has 1 aromatic heterocycles. The van der Waals surface area contributed by atoms with Crippen LogP contribution < -0.4 is 10.2 Å². The van der Waals surface area contributed by atoms with Crippen LogP contribution in [0, 0.1) is 5.82 Å². The number of carbonyl (C=O) groups excluding carboxylic acids is 4. The summed E-state index contributed by atoms with van der Waals surface area (Å²) < 4.78 is 22.7. The van der Waals surface area contributed by atoms with Gasteiger partial charge in [-0.25, -0.2) is 13.9 Å². The molecule has 1 atom stereocenters. The number of likely N-dealkylation sites (tertiary alicyclic amines) is 1. The van der Waals surface area contributed by atoms with Gasteiger partial charge in [0.2, 0.25) is 11.8 Å². The molecule has 4 amide bonds. The lowest BCUT2D eigenvalue weighted by molar-refractivity contribution is -0.136. The summed E-state index contributed by atoms with van der Waals surface area (Å²) in [6, 6.07) is 2.45. The molecule has 1 unspecified atom stereocenters. The van der Waals surface area contributed by atoms with Crippen LogP contribution in [-0.2, 0) is 27.4 Å². The number of anilines is 1. The first-order chi connectivity index (χ1) is 20.9. The topological polar surface area (TPSA) is 133 Å². The molecular formula is C30H39FN8O5. The summed E-state index contributed by atoms with van der Waals surface area (Å²) in [7, 11) is 0. The predicted molar refractivity (Wildman–Crippen MR) is 156 cm³/mol. The van der Waals surface area contributed by atoms with Crippen molar-refractivity contribution in [2.45, 2.75) is 77.2 Å². The zero-order chi connectivity index (χ0) is 31.2. The Kier molecular flexibility index (Phi) is 8.03. The summed E-state index contributed by atoms with van der Waals surface area (Å²) in [5.41, 5.74) is 1.76. The van der Waals surface area contributed by atoms with Gasteiger partial charge in [0.1, 0.15) is 17.5 Å². The molecule has 13 nitrogen and oxygen atoms in total. The number of hydrogen-bond donors (Lipinski definition) is 1. The lowest BCUT2D eigenvalue weighted by Gasteiger charge is -2.36. The van der Waals surface area contributed by atoms with Crippen LogP contribution in [0.15, 0.2) is 18.3 Å². The monoisotopic (exact) mass is 610 g/mol. The number of piperazine rings is 1. The molecule has 5 heterocycles. The number of benzene rings is 1. The number of nitrogens with zero attached hydrogens (tertiary/aromatic N) is 7. The fourth-order valence-corrected chi connectivity index (χ4v) is 6.40. The molecule has 6 rings (SSSR count). The van der Waals surface area contributed by atoms with Crippen LogP contribution in [0.1, 0.15) is 74.1 Å². The van der Waals surface area contributed by atoms with E-state index in [4.69, 9.17) is 4.74 Å². The molecule has 44 heavy (non-hydrogen) atoms. The van der Waals surface area contributed by atoms with E-state index in [1.807, 2.05) is 36.5 Å². The molecule has 14 heteroatoms. The quantitative estimate of drug-likeness (QED) is 0.505. The van der Waals surface area contributed by atoms with E-state index in [2.05, 4.69) is 20.5 Å². The Morgan fingerprint density at radius 2 is 1.77 bits per heavy atom. The van der Waals surface area contributed by atoms with Gasteiger partial charge in [-0.15, -0.1) is 5.10 Å². The minimum atomic E-state index is -0.731. The van der Waals surface area contributed by atoms with E-state index in [1.54, 1.807) is 11.0 Å². The van der Waals surface area contributed by atoms with Crippen LogP contribution in [0.3, 0.4) is 0 Å². The van der Waals surface area contributed by atoms with Gasteiger partial charge in [-0.1, -0.05) is 5.21 Å². The average molecular weight is 611 g/mol. The summed E-state index contributed by atoms with van der Waals surface area (Å²) in [5.74, 6) is -1.67. The smallest absolute Gasteiger partial charge is 0.410 e. The summed E-state index contributed by atoms with van der Waals surface area (Å²) in [4.78, 5) is 56.7. The largest absolute Gasteiger partial charge is 0.444 e. The van der Waals surface area contributed by atoms with E-state index in [0.29, 0.717) is 57.1 Å². The van der Waals surface area contributed by atoms with Crippen LogP contribution in [0.4, 0.5) is 14.9 Å². The molecule has 0 saturated carbocycles. The molecule has 1 N–H and O–H groups in total. The SMILES string of the molecule is CC(C)(C)OC(=O)N1CCC(n2cc(CN3CCN(c4cc5c(cc4F)C(=O)N(C4CCC(=O)NC4=O)C5)CC3)nn2)CC1. The number of carbonyl (C=O) groups is 4. The Morgan fingerprint density at radius 3 is 2.45 bits per heavy atom. The zero-order valence-corrected chi connectivity index (χ0v) is 25.4. The third-order valence-corrected chi connectivity index (χ3v) is 8.74. The number of halogens is 1. The first-order valence-corrected chi connectivity index (χ1v) is 15.3. The molecule has 0 radical (unpaired) electrons. The number of piperidine rings is 2. The number of rotatable bonds is 5.